The van der Waals surface area contributed by atoms with Crippen LogP contribution in [0.3, 0.4) is 0 Å². The summed E-state index contributed by atoms with van der Waals surface area (Å²) in [5, 5.41) is 11.9. The quantitative estimate of drug-likeness (QED) is 0.591. The molecule has 0 heterocycles. The minimum absolute atomic E-state index is 0.0424. The van der Waals surface area contributed by atoms with Crippen molar-refractivity contribution < 1.29 is 14.6 Å². The number of methoxy groups -OCH3 is 1. The molecule has 0 rings (SSSR count). The minimum atomic E-state index is -0.836. The Hall–Kier alpha value is -0.610. The number of rotatable bonds is 6. The lowest BCUT2D eigenvalue weighted by atomic mass is 10.1. The van der Waals surface area contributed by atoms with Crippen LogP contribution in [0.5, 0.6) is 0 Å². The van der Waals surface area contributed by atoms with E-state index in [4.69, 9.17) is 4.74 Å². The fourth-order valence-corrected chi connectivity index (χ4v) is 0.780. The SMILES string of the molecule is COCCCC(=O)NCC(C)(C)O. The van der Waals surface area contributed by atoms with Crippen LogP contribution in [-0.2, 0) is 9.53 Å². The molecule has 0 fully saturated rings. The highest BCUT2D eigenvalue weighted by Crippen LogP contribution is 1.98. The molecule has 2 N–H and O–H groups in total. The summed E-state index contributed by atoms with van der Waals surface area (Å²) < 4.78 is 4.81. The Balaban J connectivity index is 3.41. The van der Waals surface area contributed by atoms with Gasteiger partial charge in [0.2, 0.25) is 5.91 Å². The molecule has 0 saturated heterocycles. The summed E-state index contributed by atoms with van der Waals surface area (Å²) in [6.45, 7) is 4.19. The van der Waals surface area contributed by atoms with E-state index >= 15 is 0 Å². The van der Waals surface area contributed by atoms with Crippen molar-refractivity contribution in [3.05, 3.63) is 0 Å². The zero-order valence-electron chi connectivity index (χ0n) is 8.59. The third-order valence-corrected chi connectivity index (χ3v) is 1.47. The lowest BCUT2D eigenvalue weighted by Crippen LogP contribution is -2.38. The van der Waals surface area contributed by atoms with Gasteiger partial charge in [-0.25, -0.2) is 0 Å². The van der Waals surface area contributed by atoms with E-state index in [-0.39, 0.29) is 5.91 Å². The second kappa shape index (κ2) is 5.94. The fourth-order valence-electron chi connectivity index (χ4n) is 0.780. The van der Waals surface area contributed by atoms with Gasteiger partial charge < -0.3 is 15.2 Å². The first kappa shape index (κ1) is 12.4. The zero-order chi connectivity index (χ0) is 10.3. The molecule has 78 valence electrons. The summed E-state index contributed by atoms with van der Waals surface area (Å²) in [5.41, 5.74) is -0.836. The van der Waals surface area contributed by atoms with Crippen molar-refractivity contribution in [1.29, 1.82) is 0 Å². The molecule has 13 heavy (non-hydrogen) atoms. The summed E-state index contributed by atoms with van der Waals surface area (Å²) >= 11 is 0. The second-order valence-electron chi connectivity index (χ2n) is 3.69. The second-order valence-corrected chi connectivity index (χ2v) is 3.69. The number of carbonyl (C=O) groups excluding carboxylic acids is 1. The molecule has 4 nitrogen and oxygen atoms in total. The van der Waals surface area contributed by atoms with Gasteiger partial charge in [-0.1, -0.05) is 0 Å². The third kappa shape index (κ3) is 9.30. The van der Waals surface area contributed by atoms with E-state index in [0.717, 1.165) is 0 Å². The van der Waals surface area contributed by atoms with Gasteiger partial charge in [0, 0.05) is 26.7 Å². The molecule has 0 radical (unpaired) electrons. The molecule has 0 aromatic carbocycles. The van der Waals surface area contributed by atoms with Crippen LogP contribution in [0, 0.1) is 0 Å². The van der Waals surface area contributed by atoms with E-state index < -0.39 is 5.60 Å². The van der Waals surface area contributed by atoms with Crippen molar-refractivity contribution in [1.82, 2.24) is 5.32 Å². The molecule has 1 amide bonds. The van der Waals surface area contributed by atoms with E-state index in [1.807, 2.05) is 0 Å². The standard InChI is InChI=1S/C9H19NO3/c1-9(2,12)7-10-8(11)5-4-6-13-3/h12H,4-7H2,1-3H3,(H,10,11). The Bertz CT molecular complexity index is 151. The number of amides is 1. The maximum Gasteiger partial charge on any atom is 0.220 e. The average molecular weight is 189 g/mol. The highest BCUT2D eigenvalue weighted by molar-refractivity contribution is 5.75. The van der Waals surface area contributed by atoms with Crippen LogP contribution < -0.4 is 5.32 Å². The Morgan fingerprint density at radius 3 is 2.62 bits per heavy atom. The third-order valence-electron chi connectivity index (χ3n) is 1.47. The molecule has 0 spiro atoms. The maximum absolute atomic E-state index is 11.1. The van der Waals surface area contributed by atoms with Gasteiger partial charge >= 0.3 is 0 Å². The molecule has 0 saturated carbocycles. The van der Waals surface area contributed by atoms with Crippen LogP contribution in [0.15, 0.2) is 0 Å². The average Bonchev–Trinajstić information content (AvgIpc) is 2.00. The highest BCUT2D eigenvalue weighted by atomic mass is 16.5. The van der Waals surface area contributed by atoms with Gasteiger partial charge in [-0.05, 0) is 20.3 Å². The summed E-state index contributed by atoms with van der Waals surface area (Å²) in [6.07, 6.45) is 1.16. The number of aliphatic hydroxyl groups is 1. The molecule has 0 aliphatic carbocycles. The number of ether oxygens (including phenoxy) is 1. The molecule has 0 atom stereocenters. The molecule has 0 unspecified atom stereocenters. The van der Waals surface area contributed by atoms with E-state index in [1.165, 1.54) is 0 Å². The van der Waals surface area contributed by atoms with Crippen molar-refractivity contribution >= 4 is 5.91 Å². The van der Waals surface area contributed by atoms with Crippen LogP contribution >= 0.6 is 0 Å². The molecular weight excluding hydrogens is 170 g/mol. The monoisotopic (exact) mass is 189 g/mol. The first-order valence-electron chi connectivity index (χ1n) is 4.44. The van der Waals surface area contributed by atoms with E-state index in [2.05, 4.69) is 5.32 Å². The Morgan fingerprint density at radius 2 is 2.15 bits per heavy atom. The van der Waals surface area contributed by atoms with Crippen LogP contribution in [0.2, 0.25) is 0 Å². The first-order valence-corrected chi connectivity index (χ1v) is 4.44. The van der Waals surface area contributed by atoms with Crippen molar-refractivity contribution in [2.45, 2.75) is 32.3 Å². The maximum atomic E-state index is 11.1. The van der Waals surface area contributed by atoms with E-state index in [0.29, 0.717) is 26.0 Å². The van der Waals surface area contributed by atoms with Gasteiger partial charge in [0.05, 0.1) is 5.60 Å². The summed E-state index contributed by atoms with van der Waals surface area (Å²) in [6, 6.07) is 0. The smallest absolute Gasteiger partial charge is 0.220 e. The molecule has 4 heteroatoms. The Labute approximate surface area is 79.3 Å². The van der Waals surface area contributed by atoms with Crippen molar-refractivity contribution in [2.75, 3.05) is 20.3 Å². The van der Waals surface area contributed by atoms with Crippen molar-refractivity contribution in [3.63, 3.8) is 0 Å². The Kier molecular flexibility index (Phi) is 5.66. The van der Waals surface area contributed by atoms with Gasteiger partial charge in [-0.3, -0.25) is 4.79 Å². The van der Waals surface area contributed by atoms with Crippen LogP contribution in [0.4, 0.5) is 0 Å². The molecule has 0 aromatic rings. The fraction of sp³-hybridized carbons (Fsp3) is 0.889. The number of carbonyl (C=O) groups is 1. The topological polar surface area (TPSA) is 58.6 Å². The normalized spacial score (nSPS) is 11.4. The molecule has 0 aliphatic rings. The van der Waals surface area contributed by atoms with Crippen LogP contribution in [0.25, 0.3) is 0 Å². The van der Waals surface area contributed by atoms with Crippen molar-refractivity contribution in [3.8, 4) is 0 Å². The first-order chi connectivity index (χ1) is 5.95. The zero-order valence-corrected chi connectivity index (χ0v) is 8.59. The largest absolute Gasteiger partial charge is 0.389 e. The van der Waals surface area contributed by atoms with Crippen LogP contribution in [0.1, 0.15) is 26.7 Å². The summed E-state index contributed by atoms with van der Waals surface area (Å²) in [5.74, 6) is -0.0424. The molecular formula is C9H19NO3. The van der Waals surface area contributed by atoms with E-state index in [1.54, 1.807) is 21.0 Å². The lowest BCUT2D eigenvalue weighted by Gasteiger charge is -2.17. The van der Waals surface area contributed by atoms with E-state index in [9.17, 15) is 9.90 Å². The minimum Gasteiger partial charge on any atom is -0.389 e. The van der Waals surface area contributed by atoms with Gasteiger partial charge in [0.15, 0.2) is 0 Å². The predicted octanol–water partition coefficient (Wildman–Crippen LogP) is 0.300. The molecule has 0 bridgehead atoms. The predicted molar refractivity (Wildman–Crippen MR) is 50.4 cm³/mol. The summed E-state index contributed by atoms with van der Waals surface area (Å²) in [7, 11) is 1.61. The summed E-state index contributed by atoms with van der Waals surface area (Å²) in [4.78, 5) is 11.1. The number of hydrogen-bond donors (Lipinski definition) is 2. The van der Waals surface area contributed by atoms with Crippen molar-refractivity contribution in [2.24, 2.45) is 0 Å². The van der Waals surface area contributed by atoms with Gasteiger partial charge in [0.1, 0.15) is 0 Å². The van der Waals surface area contributed by atoms with Gasteiger partial charge in [-0.2, -0.15) is 0 Å². The lowest BCUT2D eigenvalue weighted by molar-refractivity contribution is -0.122. The number of nitrogens with one attached hydrogen (secondary N) is 1. The van der Waals surface area contributed by atoms with Gasteiger partial charge in [0.25, 0.3) is 0 Å². The van der Waals surface area contributed by atoms with Crippen LogP contribution in [-0.4, -0.2) is 36.9 Å². The number of hydrogen-bond acceptors (Lipinski definition) is 3. The molecule has 0 aromatic heterocycles. The Morgan fingerprint density at radius 1 is 1.54 bits per heavy atom. The highest BCUT2D eigenvalue weighted by Gasteiger charge is 2.13. The van der Waals surface area contributed by atoms with Gasteiger partial charge in [-0.15, -0.1) is 0 Å². The molecule has 0 aliphatic heterocycles.